The average Bonchev–Trinajstić information content (AvgIpc) is 2.97. The SMILES string of the molecule is CC(SCc1ccccc1F)C(=O)N1CCc2ccccc21. The van der Waals surface area contributed by atoms with E-state index in [9.17, 15) is 9.18 Å². The van der Waals surface area contributed by atoms with Gasteiger partial charge in [-0.25, -0.2) is 4.39 Å². The molecule has 1 amide bonds. The molecule has 1 aliphatic rings. The van der Waals surface area contributed by atoms with E-state index < -0.39 is 0 Å². The third-order valence-corrected chi connectivity index (χ3v) is 5.13. The molecule has 0 aliphatic carbocycles. The number of rotatable bonds is 4. The van der Waals surface area contributed by atoms with Crippen LogP contribution in [0.25, 0.3) is 0 Å². The topological polar surface area (TPSA) is 20.3 Å². The molecule has 0 saturated carbocycles. The van der Waals surface area contributed by atoms with Crippen LogP contribution in [0.3, 0.4) is 0 Å². The van der Waals surface area contributed by atoms with Crippen LogP contribution >= 0.6 is 11.8 Å². The van der Waals surface area contributed by atoms with Gasteiger partial charge >= 0.3 is 0 Å². The Morgan fingerprint density at radius 3 is 2.77 bits per heavy atom. The van der Waals surface area contributed by atoms with Gasteiger partial charge in [-0.3, -0.25) is 4.79 Å². The van der Waals surface area contributed by atoms with Crippen LogP contribution < -0.4 is 4.90 Å². The van der Waals surface area contributed by atoms with E-state index >= 15 is 0 Å². The van der Waals surface area contributed by atoms with Gasteiger partial charge in [-0.15, -0.1) is 11.8 Å². The number of thioether (sulfide) groups is 1. The first kappa shape index (κ1) is 15.1. The molecule has 0 bridgehead atoms. The van der Waals surface area contributed by atoms with Crippen LogP contribution in [0.4, 0.5) is 10.1 Å². The molecule has 22 heavy (non-hydrogen) atoms. The summed E-state index contributed by atoms with van der Waals surface area (Å²) in [5.74, 6) is 0.405. The fourth-order valence-corrected chi connectivity index (χ4v) is 3.62. The maximum absolute atomic E-state index is 13.6. The van der Waals surface area contributed by atoms with Crippen molar-refractivity contribution in [1.82, 2.24) is 0 Å². The van der Waals surface area contributed by atoms with Gasteiger partial charge < -0.3 is 4.90 Å². The van der Waals surface area contributed by atoms with E-state index in [4.69, 9.17) is 0 Å². The molecule has 1 aliphatic heterocycles. The first-order chi connectivity index (χ1) is 10.7. The summed E-state index contributed by atoms with van der Waals surface area (Å²) in [4.78, 5) is 14.5. The fourth-order valence-electron chi connectivity index (χ4n) is 2.69. The number of benzene rings is 2. The summed E-state index contributed by atoms with van der Waals surface area (Å²) in [5, 5.41) is -0.189. The van der Waals surface area contributed by atoms with Gasteiger partial charge in [-0.2, -0.15) is 0 Å². The molecular weight excluding hydrogens is 297 g/mol. The number of hydrogen-bond donors (Lipinski definition) is 0. The molecule has 3 rings (SSSR count). The van der Waals surface area contributed by atoms with Crippen molar-refractivity contribution in [2.75, 3.05) is 11.4 Å². The number of anilines is 1. The summed E-state index contributed by atoms with van der Waals surface area (Å²) in [6.45, 7) is 2.64. The van der Waals surface area contributed by atoms with Gasteiger partial charge in [0, 0.05) is 18.0 Å². The van der Waals surface area contributed by atoms with Crippen LogP contribution in [0.5, 0.6) is 0 Å². The van der Waals surface area contributed by atoms with Crippen LogP contribution in [0.15, 0.2) is 48.5 Å². The lowest BCUT2D eigenvalue weighted by Crippen LogP contribution is -2.35. The van der Waals surface area contributed by atoms with Crippen LogP contribution in [-0.2, 0) is 17.0 Å². The van der Waals surface area contributed by atoms with Crippen LogP contribution in [0, 0.1) is 5.82 Å². The van der Waals surface area contributed by atoms with Crippen LogP contribution in [-0.4, -0.2) is 17.7 Å². The molecule has 1 heterocycles. The summed E-state index contributed by atoms with van der Waals surface area (Å²) in [5.41, 5.74) is 2.89. The highest BCUT2D eigenvalue weighted by Crippen LogP contribution is 2.30. The number of carbonyl (C=O) groups excluding carboxylic acids is 1. The normalized spacial score (nSPS) is 14.7. The zero-order chi connectivity index (χ0) is 15.5. The van der Waals surface area contributed by atoms with Crippen molar-refractivity contribution in [3.8, 4) is 0 Å². The number of amides is 1. The first-order valence-corrected chi connectivity index (χ1v) is 8.46. The minimum atomic E-state index is -0.207. The molecule has 1 atom stereocenters. The molecule has 2 nitrogen and oxygen atoms in total. The third kappa shape index (κ3) is 3.02. The van der Waals surface area contributed by atoms with Gasteiger partial charge in [0.15, 0.2) is 0 Å². The van der Waals surface area contributed by atoms with Crippen molar-refractivity contribution in [2.45, 2.75) is 24.3 Å². The van der Waals surface area contributed by atoms with E-state index in [0.717, 1.165) is 18.7 Å². The quantitative estimate of drug-likeness (QED) is 0.849. The smallest absolute Gasteiger partial charge is 0.239 e. The van der Waals surface area contributed by atoms with Gasteiger partial charge in [0.1, 0.15) is 5.82 Å². The van der Waals surface area contributed by atoms with Crippen molar-refractivity contribution in [3.05, 3.63) is 65.5 Å². The highest BCUT2D eigenvalue weighted by molar-refractivity contribution is 7.99. The molecule has 0 aromatic heterocycles. The Morgan fingerprint density at radius 1 is 1.23 bits per heavy atom. The van der Waals surface area contributed by atoms with E-state index in [-0.39, 0.29) is 17.0 Å². The second-order valence-corrected chi connectivity index (χ2v) is 6.74. The minimum absolute atomic E-state index is 0.103. The molecule has 1 unspecified atom stereocenters. The Kier molecular flexibility index (Phi) is 4.48. The number of nitrogens with zero attached hydrogens (tertiary/aromatic N) is 1. The average molecular weight is 315 g/mol. The van der Waals surface area contributed by atoms with Gasteiger partial charge in [0.25, 0.3) is 0 Å². The number of carbonyl (C=O) groups is 1. The number of para-hydroxylation sites is 1. The maximum atomic E-state index is 13.6. The van der Waals surface area contributed by atoms with Gasteiger partial charge in [-0.1, -0.05) is 36.4 Å². The van der Waals surface area contributed by atoms with E-state index in [1.807, 2.05) is 36.1 Å². The molecule has 4 heteroatoms. The summed E-state index contributed by atoms with van der Waals surface area (Å²) < 4.78 is 13.6. The molecule has 0 saturated heterocycles. The lowest BCUT2D eigenvalue weighted by Gasteiger charge is -2.21. The molecule has 114 valence electrons. The van der Waals surface area contributed by atoms with Gasteiger partial charge in [0.05, 0.1) is 5.25 Å². The number of fused-ring (bicyclic) bond motifs is 1. The number of halogens is 1. The van der Waals surface area contributed by atoms with E-state index in [1.165, 1.54) is 23.4 Å². The minimum Gasteiger partial charge on any atom is -0.311 e. The van der Waals surface area contributed by atoms with Crippen molar-refractivity contribution in [1.29, 1.82) is 0 Å². The largest absolute Gasteiger partial charge is 0.311 e. The lowest BCUT2D eigenvalue weighted by atomic mass is 10.2. The predicted molar refractivity (Wildman–Crippen MR) is 89.7 cm³/mol. The second-order valence-electron chi connectivity index (χ2n) is 5.41. The Morgan fingerprint density at radius 2 is 1.95 bits per heavy atom. The Hall–Kier alpha value is -1.81. The summed E-state index contributed by atoms with van der Waals surface area (Å²) in [6.07, 6.45) is 0.909. The van der Waals surface area contributed by atoms with E-state index in [0.29, 0.717) is 11.3 Å². The molecule has 0 spiro atoms. The predicted octanol–water partition coefficient (Wildman–Crippen LogP) is 4.04. The molecular formula is C18H18FNOS. The van der Waals surface area contributed by atoms with E-state index in [2.05, 4.69) is 6.07 Å². The number of hydrogen-bond acceptors (Lipinski definition) is 2. The lowest BCUT2D eigenvalue weighted by molar-refractivity contribution is -0.117. The molecule has 0 fully saturated rings. The van der Waals surface area contributed by atoms with Crippen LogP contribution in [0.1, 0.15) is 18.1 Å². The van der Waals surface area contributed by atoms with Crippen molar-refractivity contribution < 1.29 is 9.18 Å². The maximum Gasteiger partial charge on any atom is 0.239 e. The summed E-state index contributed by atoms with van der Waals surface area (Å²) in [6, 6.07) is 14.8. The Balaban J connectivity index is 1.65. The van der Waals surface area contributed by atoms with Crippen molar-refractivity contribution >= 4 is 23.4 Å². The van der Waals surface area contributed by atoms with Gasteiger partial charge in [-0.05, 0) is 36.6 Å². The highest BCUT2D eigenvalue weighted by atomic mass is 32.2. The second kappa shape index (κ2) is 6.53. The van der Waals surface area contributed by atoms with E-state index in [1.54, 1.807) is 12.1 Å². The first-order valence-electron chi connectivity index (χ1n) is 7.41. The van der Waals surface area contributed by atoms with Gasteiger partial charge in [0.2, 0.25) is 5.91 Å². The standard InChI is InChI=1S/C18H18FNOS/c1-13(22-12-15-7-2-4-8-16(15)19)18(21)20-11-10-14-6-3-5-9-17(14)20/h2-9,13H,10-12H2,1H3. The fraction of sp³-hybridized carbons (Fsp3) is 0.278. The Bertz CT molecular complexity index is 688. The zero-order valence-corrected chi connectivity index (χ0v) is 13.3. The molecule has 0 N–H and O–H groups in total. The third-order valence-electron chi connectivity index (χ3n) is 3.95. The van der Waals surface area contributed by atoms with Crippen LogP contribution in [0.2, 0.25) is 0 Å². The molecule has 2 aromatic rings. The molecule has 2 aromatic carbocycles. The molecule has 0 radical (unpaired) electrons. The monoisotopic (exact) mass is 315 g/mol. The highest BCUT2D eigenvalue weighted by Gasteiger charge is 2.27. The summed E-state index contributed by atoms with van der Waals surface area (Å²) in [7, 11) is 0. The van der Waals surface area contributed by atoms with Crippen molar-refractivity contribution in [3.63, 3.8) is 0 Å². The Labute approximate surface area is 134 Å². The zero-order valence-electron chi connectivity index (χ0n) is 12.5. The summed E-state index contributed by atoms with van der Waals surface area (Å²) >= 11 is 1.48. The van der Waals surface area contributed by atoms with Crippen molar-refractivity contribution in [2.24, 2.45) is 0 Å².